The second kappa shape index (κ2) is 66.6. The Morgan fingerprint density at radius 2 is 0.505 bits per heavy atom. The van der Waals surface area contributed by atoms with Gasteiger partial charge in [-0.1, -0.05) is 337 Å². The third kappa shape index (κ3) is 66.4. The van der Waals surface area contributed by atoms with Crippen molar-refractivity contribution in [3.8, 4) is 0 Å². The molecule has 19 heteroatoms. The van der Waals surface area contributed by atoms with Gasteiger partial charge in [0.25, 0.3) is 0 Å². The molecule has 0 aromatic rings. The Hall–Kier alpha value is -1.94. The van der Waals surface area contributed by atoms with Crippen LogP contribution in [-0.2, 0) is 65.4 Å². The lowest BCUT2D eigenvalue weighted by atomic mass is 9.99. The van der Waals surface area contributed by atoms with Gasteiger partial charge in [-0.15, -0.1) is 0 Å². The molecular weight excluding hydrogens is 1250 g/mol. The maximum atomic E-state index is 13.1. The molecule has 0 saturated carbocycles. The van der Waals surface area contributed by atoms with Crippen LogP contribution in [0.3, 0.4) is 0 Å². The fraction of sp³-hybridized carbons (Fsp3) is 0.947. The number of unbranched alkanes of at least 4 members (excludes halogenated alkanes) is 39. The van der Waals surface area contributed by atoms with E-state index >= 15 is 0 Å². The normalized spacial score (nSPS) is 14.9. The largest absolute Gasteiger partial charge is 0.472 e. The first-order valence-electron chi connectivity index (χ1n) is 39.5. The maximum absolute atomic E-state index is 13.1. The van der Waals surface area contributed by atoms with Crippen molar-refractivity contribution in [2.24, 2.45) is 17.8 Å². The van der Waals surface area contributed by atoms with Crippen molar-refractivity contribution >= 4 is 39.5 Å². The smallest absolute Gasteiger partial charge is 0.462 e. The van der Waals surface area contributed by atoms with E-state index in [9.17, 15) is 43.2 Å². The number of rotatable bonds is 74. The number of phosphoric ester groups is 2. The summed E-state index contributed by atoms with van der Waals surface area (Å²) in [6.45, 7) is 11.9. The minimum Gasteiger partial charge on any atom is -0.462 e. The zero-order valence-electron chi connectivity index (χ0n) is 62.1. The van der Waals surface area contributed by atoms with Gasteiger partial charge < -0.3 is 33.8 Å². The van der Waals surface area contributed by atoms with Crippen LogP contribution in [0.5, 0.6) is 0 Å². The lowest BCUT2D eigenvalue weighted by Gasteiger charge is -2.21. The summed E-state index contributed by atoms with van der Waals surface area (Å²) in [6, 6.07) is 0. The van der Waals surface area contributed by atoms with E-state index in [2.05, 4.69) is 48.5 Å². The fourth-order valence-electron chi connectivity index (χ4n) is 11.5. The summed E-state index contributed by atoms with van der Waals surface area (Å²) in [7, 11) is -9.91. The van der Waals surface area contributed by atoms with Crippen LogP contribution in [0.15, 0.2) is 0 Å². The Balaban J connectivity index is 5.18. The van der Waals surface area contributed by atoms with Gasteiger partial charge in [0.2, 0.25) is 0 Å². The Labute approximate surface area is 581 Å². The molecule has 0 fully saturated rings. The van der Waals surface area contributed by atoms with Crippen molar-refractivity contribution in [3.05, 3.63) is 0 Å². The number of carbonyl (C=O) groups excluding carboxylic acids is 4. The van der Waals surface area contributed by atoms with E-state index in [-0.39, 0.29) is 25.7 Å². The summed E-state index contributed by atoms with van der Waals surface area (Å²) in [5.74, 6) is 0.200. The van der Waals surface area contributed by atoms with Crippen LogP contribution in [0.25, 0.3) is 0 Å². The topological polar surface area (TPSA) is 237 Å². The van der Waals surface area contributed by atoms with Gasteiger partial charge in [-0.25, -0.2) is 9.13 Å². The molecule has 0 spiro atoms. The minimum absolute atomic E-state index is 0.102. The fourth-order valence-corrected chi connectivity index (χ4v) is 13.1. The van der Waals surface area contributed by atoms with Crippen molar-refractivity contribution in [1.82, 2.24) is 0 Å². The zero-order chi connectivity index (χ0) is 70.1. The van der Waals surface area contributed by atoms with E-state index in [0.29, 0.717) is 25.7 Å². The van der Waals surface area contributed by atoms with Crippen molar-refractivity contribution < 1.29 is 80.2 Å². The lowest BCUT2D eigenvalue weighted by molar-refractivity contribution is -0.161. The molecule has 564 valence electrons. The molecule has 0 aromatic carbocycles. The maximum Gasteiger partial charge on any atom is 0.472 e. The number of carbonyl (C=O) groups is 4. The molecule has 95 heavy (non-hydrogen) atoms. The summed E-state index contributed by atoms with van der Waals surface area (Å²) in [5, 5.41) is 10.6. The molecule has 0 aliphatic rings. The molecule has 0 saturated heterocycles. The van der Waals surface area contributed by atoms with E-state index in [1.807, 2.05) is 0 Å². The van der Waals surface area contributed by atoms with Gasteiger partial charge in [-0.2, -0.15) is 0 Å². The van der Waals surface area contributed by atoms with Crippen LogP contribution >= 0.6 is 15.6 Å². The monoisotopic (exact) mass is 1400 g/mol. The summed E-state index contributed by atoms with van der Waals surface area (Å²) < 4.78 is 68.4. The number of aliphatic hydroxyl groups is 1. The highest BCUT2D eigenvalue weighted by atomic mass is 31.2. The van der Waals surface area contributed by atoms with Crippen LogP contribution in [0.2, 0.25) is 0 Å². The first-order valence-corrected chi connectivity index (χ1v) is 42.5. The highest BCUT2D eigenvalue weighted by Gasteiger charge is 2.30. The second-order valence-corrected chi connectivity index (χ2v) is 31.0. The SMILES string of the molecule is CCCCCCCCCCCCCCCC(=O)OC[C@H](COP(=O)(O)OC[C@@H](O)COP(=O)(O)OC[C@@H](COC(=O)CCCCCCCCC(C)CC)OC(=O)CCCCCCCCC(C)CC)OC(=O)CCCCCCCCCCCCCCCCCCCCC(C)CC. The molecular formula is C76H148O17P2. The molecule has 0 aliphatic heterocycles. The number of phosphoric acid groups is 2. The summed E-state index contributed by atoms with van der Waals surface area (Å²) in [6.07, 6.45) is 52.9. The van der Waals surface area contributed by atoms with E-state index in [1.54, 1.807) is 0 Å². The van der Waals surface area contributed by atoms with E-state index in [1.165, 1.54) is 193 Å². The van der Waals surface area contributed by atoms with Crippen LogP contribution < -0.4 is 0 Å². The summed E-state index contributed by atoms with van der Waals surface area (Å²) in [4.78, 5) is 72.7. The van der Waals surface area contributed by atoms with Gasteiger partial charge in [-0.3, -0.25) is 37.3 Å². The van der Waals surface area contributed by atoms with Crippen LogP contribution in [0.4, 0.5) is 0 Å². The van der Waals surface area contributed by atoms with E-state index in [0.717, 1.165) is 114 Å². The zero-order valence-corrected chi connectivity index (χ0v) is 63.9. The molecule has 0 aliphatic carbocycles. The van der Waals surface area contributed by atoms with Crippen LogP contribution in [0, 0.1) is 17.8 Å². The number of hydrogen-bond donors (Lipinski definition) is 3. The Kier molecular flexibility index (Phi) is 65.2. The van der Waals surface area contributed by atoms with Crippen molar-refractivity contribution in [3.63, 3.8) is 0 Å². The van der Waals surface area contributed by atoms with Gasteiger partial charge >= 0.3 is 39.5 Å². The number of aliphatic hydroxyl groups excluding tert-OH is 1. The third-order valence-corrected chi connectivity index (χ3v) is 20.6. The Morgan fingerprint density at radius 3 is 0.747 bits per heavy atom. The molecule has 0 rings (SSSR count). The molecule has 8 atom stereocenters. The van der Waals surface area contributed by atoms with Crippen molar-refractivity contribution in [1.29, 1.82) is 0 Å². The summed E-state index contributed by atoms with van der Waals surface area (Å²) >= 11 is 0. The quantitative estimate of drug-likeness (QED) is 0.0222. The molecule has 0 aromatic heterocycles. The van der Waals surface area contributed by atoms with E-state index < -0.39 is 97.5 Å². The average Bonchev–Trinajstić information content (AvgIpc) is 1.55. The van der Waals surface area contributed by atoms with Crippen molar-refractivity contribution in [2.75, 3.05) is 39.6 Å². The molecule has 0 radical (unpaired) electrons. The van der Waals surface area contributed by atoms with Crippen molar-refractivity contribution in [2.45, 2.75) is 407 Å². The van der Waals surface area contributed by atoms with Gasteiger partial charge in [0.15, 0.2) is 12.2 Å². The van der Waals surface area contributed by atoms with Gasteiger partial charge in [0.05, 0.1) is 26.4 Å². The standard InChI is InChI=1S/C76H148O17P2/c1-8-12-13-14-15-16-17-24-28-31-34-43-50-57-73(78)86-63-71(92-75(80)59-52-45-35-32-29-26-23-21-19-18-20-22-25-27-30-33-40-47-54-67(5)9-2)65-90-94(82,83)88-61-70(77)62-89-95(84,85)91-66-72(93-76(81)60-53-46-39-37-42-49-56-69(7)11-4)64-87-74(79)58-51-44-38-36-41-48-55-68(6)10-3/h67-72,77H,8-66H2,1-7H3,(H,82,83)(H,84,85)/t67?,68?,69?,70-,71-,72-/m1/s1. The molecule has 17 nitrogen and oxygen atoms in total. The number of esters is 4. The summed E-state index contributed by atoms with van der Waals surface area (Å²) in [5.41, 5.74) is 0. The Morgan fingerprint density at radius 1 is 0.295 bits per heavy atom. The van der Waals surface area contributed by atoms with Crippen LogP contribution in [0.1, 0.15) is 389 Å². The molecule has 5 unspecified atom stereocenters. The minimum atomic E-state index is -4.96. The molecule has 0 heterocycles. The molecule has 0 amide bonds. The molecule has 0 bridgehead atoms. The lowest BCUT2D eigenvalue weighted by Crippen LogP contribution is -2.30. The van der Waals surface area contributed by atoms with Crippen LogP contribution in [-0.4, -0.2) is 96.7 Å². The van der Waals surface area contributed by atoms with Gasteiger partial charge in [-0.05, 0) is 43.4 Å². The predicted octanol–water partition coefficient (Wildman–Crippen LogP) is 22.2. The highest BCUT2D eigenvalue weighted by Crippen LogP contribution is 2.45. The van der Waals surface area contributed by atoms with Gasteiger partial charge in [0.1, 0.15) is 19.3 Å². The first-order chi connectivity index (χ1) is 45.8. The van der Waals surface area contributed by atoms with E-state index in [4.69, 9.17) is 37.0 Å². The number of hydrogen-bond acceptors (Lipinski definition) is 15. The van der Waals surface area contributed by atoms with Gasteiger partial charge in [0, 0.05) is 25.7 Å². The predicted molar refractivity (Wildman–Crippen MR) is 386 cm³/mol. The first kappa shape index (κ1) is 93.1. The second-order valence-electron chi connectivity index (χ2n) is 28.1. The number of ether oxygens (including phenoxy) is 4. The molecule has 3 N–H and O–H groups in total. The highest BCUT2D eigenvalue weighted by molar-refractivity contribution is 7.47. The Bertz CT molecular complexity index is 1860. The average molecular weight is 1400 g/mol. The third-order valence-electron chi connectivity index (χ3n) is 18.7.